The fourth-order valence-corrected chi connectivity index (χ4v) is 2.85. The molecule has 23 heavy (non-hydrogen) atoms. The fraction of sp³-hybridized carbons (Fsp3) is 0.188. The Labute approximate surface area is 134 Å². The third kappa shape index (κ3) is 4.38. The smallest absolute Gasteiger partial charge is 0.354 e. The van der Waals surface area contributed by atoms with Crippen molar-refractivity contribution in [3.05, 3.63) is 65.7 Å². The van der Waals surface area contributed by atoms with Crippen molar-refractivity contribution in [1.82, 2.24) is 0 Å². The molecule has 0 spiro atoms. The summed E-state index contributed by atoms with van der Waals surface area (Å²) in [5, 5.41) is 18.6. The minimum Gasteiger partial charge on any atom is -0.396 e. The van der Waals surface area contributed by atoms with Crippen LogP contribution < -0.4 is 0 Å². The zero-order valence-corrected chi connectivity index (χ0v) is 12.9. The zero-order valence-electron chi connectivity index (χ0n) is 12.1. The summed E-state index contributed by atoms with van der Waals surface area (Å²) in [6.45, 7) is -0.235. The van der Waals surface area contributed by atoms with Gasteiger partial charge in [-0.25, -0.2) is 4.79 Å². The second-order valence-corrected chi connectivity index (χ2v) is 6.34. The SMILES string of the molecule is O=C(OS(=O)(=O)c1cccc(C(O)CCO)c1)c1ccccc1. The molecule has 2 N–H and O–H groups in total. The molecular formula is C16H16O6S. The highest BCUT2D eigenvalue weighted by molar-refractivity contribution is 7.87. The molecule has 0 fully saturated rings. The number of carbonyl (C=O) groups excluding carboxylic acids is 1. The van der Waals surface area contributed by atoms with Crippen LogP contribution >= 0.6 is 0 Å². The molecule has 7 heteroatoms. The molecule has 0 heterocycles. The van der Waals surface area contributed by atoms with Gasteiger partial charge in [0, 0.05) is 13.0 Å². The van der Waals surface area contributed by atoms with E-state index in [0.717, 1.165) is 0 Å². The Balaban J connectivity index is 2.23. The maximum Gasteiger partial charge on any atom is 0.354 e. The van der Waals surface area contributed by atoms with E-state index < -0.39 is 22.2 Å². The van der Waals surface area contributed by atoms with E-state index in [1.165, 1.54) is 36.4 Å². The summed E-state index contributed by atoms with van der Waals surface area (Å²) in [6, 6.07) is 13.2. The Hall–Kier alpha value is -2.22. The quantitative estimate of drug-likeness (QED) is 0.778. The van der Waals surface area contributed by atoms with E-state index >= 15 is 0 Å². The normalized spacial score (nSPS) is 12.6. The van der Waals surface area contributed by atoms with Gasteiger partial charge in [0.05, 0.1) is 11.7 Å². The van der Waals surface area contributed by atoms with Gasteiger partial charge < -0.3 is 14.4 Å². The third-order valence-electron chi connectivity index (χ3n) is 3.13. The first-order valence-corrected chi connectivity index (χ1v) is 8.27. The number of rotatable bonds is 6. The van der Waals surface area contributed by atoms with Crippen LogP contribution in [0.3, 0.4) is 0 Å². The highest BCUT2D eigenvalue weighted by atomic mass is 32.2. The topological polar surface area (TPSA) is 101 Å². The van der Waals surface area contributed by atoms with Gasteiger partial charge in [-0.2, -0.15) is 8.42 Å². The number of aliphatic hydroxyl groups is 2. The Kier molecular flexibility index (Phi) is 5.49. The minimum atomic E-state index is -4.30. The molecule has 2 rings (SSSR count). The lowest BCUT2D eigenvalue weighted by atomic mass is 10.1. The van der Waals surface area contributed by atoms with E-state index in [9.17, 15) is 18.3 Å². The van der Waals surface area contributed by atoms with Gasteiger partial charge in [-0.05, 0) is 29.8 Å². The van der Waals surface area contributed by atoms with Crippen LogP contribution in [0.15, 0.2) is 59.5 Å². The first kappa shape index (κ1) is 17.1. The second-order valence-electron chi connectivity index (χ2n) is 4.79. The van der Waals surface area contributed by atoms with Crippen LogP contribution in [0.5, 0.6) is 0 Å². The number of hydrogen-bond acceptors (Lipinski definition) is 6. The molecule has 6 nitrogen and oxygen atoms in total. The lowest BCUT2D eigenvalue weighted by Gasteiger charge is -2.11. The predicted molar refractivity (Wildman–Crippen MR) is 82.1 cm³/mol. The summed E-state index contributed by atoms with van der Waals surface area (Å²) in [7, 11) is -4.30. The van der Waals surface area contributed by atoms with Crippen molar-refractivity contribution >= 4 is 16.1 Å². The van der Waals surface area contributed by atoms with Gasteiger partial charge in [0.2, 0.25) is 0 Å². The zero-order chi connectivity index (χ0) is 16.9. The van der Waals surface area contributed by atoms with E-state index in [0.29, 0.717) is 5.56 Å². The monoisotopic (exact) mass is 336 g/mol. The van der Waals surface area contributed by atoms with Gasteiger partial charge >= 0.3 is 16.1 Å². The molecule has 0 saturated carbocycles. The average Bonchev–Trinajstić information content (AvgIpc) is 2.55. The molecule has 122 valence electrons. The molecule has 0 bridgehead atoms. The van der Waals surface area contributed by atoms with E-state index in [4.69, 9.17) is 5.11 Å². The number of hydrogen-bond donors (Lipinski definition) is 2. The summed E-state index contributed by atoms with van der Waals surface area (Å²) in [6.07, 6.45) is -0.923. The number of benzene rings is 2. The van der Waals surface area contributed by atoms with Gasteiger partial charge in [0.1, 0.15) is 4.90 Å². The van der Waals surface area contributed by atoms with Crippen LogP contribution in [0.25, 0.3) is 0 Å². The van der Waals surface area contributed by atoms with Gasteiger partial charge in [0.15, 0.2) is 0 Å². The molecule has 0 aliphatic carbocycles. The van der Waals surface area contributed by atoms with Gasteiger partial charge in [-0.15, -0.1) is 0 Å². The second kappa shape index (κ2) is 7.36. The van der Waals surface area contributed by atoms with Gasteiger partial charge in [0.25, 0.3) is 0 Å². The van der Waals surface area contributed by atoms with Crippen molar-refractivity contribution < 1.29 is 27.6 Å². The molecule has 2 aromatic carbocycles. The molecule has 1 atom stereocenters. The van der Waals surface area contributed by atoms with Crippen molar-refractivity contribution in [1.29, 1.82) is 0 Å². The van der Waals surface area contributed by atoms with E-state index in [-0.39, 0.29) is 23.5 Å². The van der Waals surface area contributed by atoms with Crippen molar-refractivity contribution in [3.63, 3.8) is 0 Å². The van der Waals surface area contributed by atoms with E-state index in [1.807, 2.05) is 0 Å². The summed E-state index contributed by atoms with van der Waals surface area (Å²) in [5.74, 6) is -0.980. The average molecular weight is 336 g/mol. The van der Waals surface area contributed by atoms with Crippen LogP contribution in [-0.4, -0.2) is 31.2 Å². The van der Waals surface area contributed by atoms with E-state index in [2.05, 4.69) is 4.18 Å². The maximum atomic E-state index is 12.2. The van der Waals surface area contributed by atoms with Crippen molar-refractivity contribution in [3.8, 4) is 0 Å². The molecule has 0 radical (unpaired) electrons. The predicted octanol–water partition coefficient (Wildman–Crippen LogP) is 1.65. The van der Waals surface area contributed by atoms with Crippen LogP contribution in [0.2, 0.25) is 0 Å². The van der Waals surface area contributed by atoms with Crippen LogP contribution in [0.4, 0.5) is 0 Å². The molecule has 0 saturated heterocycles. The van der Waals surface area contributed by atoms with Crippen LogP contribution in [0, 0.1) is 0 Å². The summed E-state index contributed by atoms with van der Waals surface area (Å²) < 4.78 is 29.0. The molecule has 0 aliphatic heterocycles. The standard InChI is InChI=1S/C16H16O6S/c17-10-9-15(18)13-7-4-8-14(11-13)23(20,21)22-16(19)12-5-2-1-3-6-12/h1-8,11,15,17-18H,9-10H2. The molecule has 2 aromatic rings. The molecular weight excluding hydrogens is 320 g/mol. The Morgan fingerprint density at radius 1 is 1.09 bits per heavy atom. The number of aliphatic hydroxyl groups excluding tert-OH is 2. The first-order chi connectivity index (χ1) is 10.9. The molecule has 1 unspecified atom stereocenters. The molecule has 0 aromatic heterocycles. The highest BCUT2D eigenvalue weighted by Gasteiger charge is 2.22. The highest BCUT2D eigenvalue weighted by Crippen LogP contribution is 2.21. The largest absolute Gasteiger partial charge is 0.396 e. The van der Waals surface area contributed by atoms with Crippen LogP contribution in [0.1, 0.15) is 28.4 Å². The summed E-state index contributed by atoms with van der Waals surface area (Å²) in [5.41, 5.74) is 0.434. The Morgan fingerprint density at radius 3 is 2.43 bits per heavy atom. The van der Waals surface area contributed by atoms with Gasteiger partial charge in [-0.3, -0.25) is 0 Å². The lowest BCUT2D eigenvalue weighted by Crippen LogP contribution is -2.14. The van der Waals surface area contributed by atoms with E-state index in [1.54, 1.807) is 18.2 Å². The van der Waals surface area contributed by atoms with Gasteiger partial charge in [-0.1, -0.05) is 30.3 Å². The number of carbonyl (C=O) groups is 1. The first-order valence-electron chi connectivity index (χ1n) is 6.87. The van der Waals surface area contributed by atoms with Crippen molar-refractivity contribution in [2.45, 2.75) is 17.4 Å². The summed E-state index contributed by atoms with van der Waals surface area (Å²) in [4.78, 5) is 11.6. The lowest BCUT2D eigenvalue weighted by molar-refractivity contribution is 0.0746. The molecule has 0 amide bonds. The van der Waals surface area contributed by atoms with Crippen LogP contribution in [-0.2, 0) is 14.3 Å². The minimum absolute atomic E-state index is 0.0767. The Morgan fingerprint density at radius 2 is 1.78 bits per heavy atom. The third-order valence-corrected chi connectivity index (χ3v) is 4.33. The maximum absolute atomic E-state index is 12.2. The van der Waals surface area contributed by atoms with Crippen molar-refractivity contribution in [2.75, 3.05) is 6.61 Å². The Bertz CT molecular complexity index is 770. The fourth-order valence-electron chi connectivity index (χ4n) is 1.94. The molecule has 0 aliphatic rings. The van der Waals surface area contributed by atoms with Crippen molar-refractivity contribution in [2.24, 2.45) is 0 Å². The summed E-state index contributed by atoms with van der Waals surface area (Å²) >= 11 is 0.